The van der Waals surface area contributed by atoms with Crippen LogP contribution in [0.25, 0.3) is 0 Å². The lowest BCUT2D eigenvalue weighted by atomic mass is 9.96. The van der Waals surface area contributed by atoms with Gasteiger partial charge in [-0.05, 0) is 6.92 Å². The third kappa shape index (κ3) is 1.39. The summed E-state index contributed by atoms with van der Waals surface area (Å²) >= 11 is 0. The highest BCUT2D eigenvalue weighted by molar-refractivity contribution is 7.93. The van der Waals surface area contributed by atoms with Crippen LogP contribution in [0.2, 0.25) is 0 Å². The predicted octanol–water partition coefficient (Wildman–Crippen LogP) is -1.52. The number of amides is 1. The first kappa shape index (κ1) is 9.06. The first-order valence-corrected chi connectivity index (χ1v) is 7.03. The molecule has 2 fully saturated rings. The summed E-state index contributed by atoms with van der Waals surface area (Å²) in [4.78, 5) is 24.0. The molecular formula is C10H12N4O5S. The van der Waals surface area contributed by atoms with Gasteiger partial charge in [-0.2, -0.15) is 0 Å². The maximum atomic E-state index is 12.9. The summed E-state index contributed by atoms with van der Waals surface area (Å²) in [5, 5.41) is 14.2. The van der Waals surface area contributed by atoms with E-state index >= 15 is 0 Å². The van der Waals surface area contributed by atoms with Gasteiger partial charge in [0.15, 0.2) is 15.9 Å². The van der Waals surface area contributed by atoms with Crippen LogP contribution in [-0.2, 0) is 25.9 Å². The molecule has 10 heteroatoms. The molecule has 108 valence electrons. The van der Waals surface area contributed by atoms with Crippen LogP contribution in [0.5, 0.6) is 0 Å². The van der Waals surface area contributed by atoms with Gasteiger partial charge < -0.3 is 10.0 Å². The third-order valence-corrected chi connectivity index (χ3v) is 5.84. The van der Waals surface area contributed by atoms with Crippen LogP contribution in [0.4, 0.5) is 0 Å². The first-order chi connectivity index (χ1) is 10.8. The maximum Gasteiger partial charge on any atom is 0.328 e. The summed E-state index contributed by atoms with van der Waals surface area (Å²) in [6, 6.07) is -2.11. The van der Waals surface area contributed by atoms with E-state index in [4.69, 9.17) is 5.48 Å². The van der Waals surface area contributed by atoms with Crippen LogP contribution in [0.1, 0.15) is 18.8 Å². The molecule has 3 heterocycles. The summed E-state index contributed by atoms with van der Waals surface area (Å²) in [6.07, 6.45) is -0.716. The monoisotopic (exact) mass is 304 g/mol. The lowest BCUT2D eigenvalue weighted by molar-refractivity contribution is -0.157. The van der Waals surface area contributed by atoms with E-state index in [-0.39, 0.29) is 0 Å². The third-order valence-electron chi connectivity index (χ3n) is 3.41. The van der Waals surface area contributed by atoms with Crippen molar-refractivity contribution in [3.63, 3.8) is 0 Å². The van der Waals surface area contributed by atoms with Gasteiger partial charge in [-0.25, -0.2) is 13.2 Å². The van der Waals surface area contributed by atoms with Crippen molar-refractivity contribution in [2.45, 2.75) is 36.0 Å². The smallest absolute Gasteiger partial charge is 0.328 e. The summed E-state index contributed by atoms with van der Waals surface area (Å²) in [5.74, 6) is -3.06. The van der Waals surface area contributed by atoms with Crippen LogP contribution in [0.3, 0.4) is 0 Å². The van der Waals surface area contributed by atoms with Gasteiger partial charge in [-0.15, -0.1) is 5.10 Å². The average Bonchev–Trinajstić information content (AvgIpc) is 3.03. The normalized spacial score (nSPS) is 40.9. The molecule has 0 saturated carbocycles. The second kappa shape index (κ2) is 3.78. The Morgan fingerprint density at radius 1 is 1.75 bits per heavy atom. The lowest BCUT2D eigenvalue weighted by Crippen LogP contribution is -2.58. The quantitative estimate of drug-likeness (QED) is 0.672. The number of aliphatic carboxylic acids is 1. The number of β-lactam (4-membered cyclic amide) rings is 1. The van der Waals surface area contributed by atoms with Crippen molar-refractivity contribution in [1.29, 1.82) is 0 Å². The Hall–Kier alpha value is -1.97. The van der Waals surface area contributed by atoms with E-state index in [1.165, 1.54) is 0 Å². The molecule has 9 nitrogen and oxygen atoms in total. The number of carboxylic acid groups (broad SMARTS) is 1. The summed E-state index contributed by atoms with van der Waals surface area (Å²) < 4.78 is 55.2. The van der Waals surface area contributed by atoms with Gasteiger partial charge in [-0.1, -0.05) is 5.21 Å². The van der Waals surface area contributed by atoms with E-state index in [0.717, 1.165) is 19.3 Å². The summed E-state index contributed by atoms with van der Waals surface area (Å²) in [5.41, 5.74) is 0. The van der Waals surface area contributed by atoms with E-state index in [0.29, 0.717) is 9.58 Å². The van der Waals surface area contributed by atoms with Gasteiger partial charge >= 0.3 is 5.97 Å². The Morgan fingerprint density at radius 3 is 3.00 bits per heavy atom. The van der Waals surface area contributed by atoms with Gasteiger partial charge in [0.25, 0.3) is 0 Å². The van der Waals surface area contributed by atoms with Gasteiger partial charge in [0, 0.05) is 8.94 Å². The van der Waals surface area contributed by atoms with Crippen LogP contribution >= 0.6 is 0 Å². The Morgan fingerprint density at radius 2 is 2.45 bits per heavy atom. The molecule has 0 aliphatic carbocycles. The van der Waals surface area contributed by atoms with Crippen molar-refractivity contribution in [2.75, 3.05) is 0 Å². The minimum Gasteiger partial charge on any atom is -0.480 e. The number of fused-ring (bicyclic) bond motifs is 1. The van der Waals surface area contributed by atoms with Gasteiger partial charge in [0.05, 0.1) is 21.8 Å². The number of carbonyl (C=O) groups is 2. The van der Waals surface area contributed by atoms with Crippen LogP contribution in [-0.4, -0.2) is 61.5 Å². The largest absolute Gasteiger partial charge is 0.480 e. The zero-order valence-corrected chi connectivity index (χ0v) is 10.9. The van der Waals surface area contributed by atoms with E-state index in [9.17, 15) is 23.1 Å². The fourth-order valence-electron chi connectivity index (χ4n) is 2.40. The molecule has 0 bridgehead atoms. The second-order valence-corrected chi connectivity index (χ2v) is 6.95. The van der Waals surface area contributed by atoms with E-state index in [1.54, 1.807) is 0 Å². The maximum absolute atomic E-state index is 12.9. The molecule has 2 saturated heterocycles. The van der Waals surface area contributed by atoms with E-state index in [2.05, 4.69) is 10.3 Å². The molecule has 2 aliphatic heterocycles. The van der Waals surface area contributed by atoms with Crippen LogP contribution in [0.15, 0.2) is 12.4 Å². The number of sulfone groups is 1. The number of rotatable bonds is 3. The van der Waals surface area contributed by atoms with Crippen molar-refractivity contribution in [3.8, 4) is 0 Å². The Bertz CT molecular complexity index is 841. The fourth-order valence-corrected chi connectivity index (χ4v) is 4.38. The van der Waals surface area contributed by atoms with Gasteiger partial charge in [-0.3, -0.25) is 9.48 Å². The van der Waals surface area contributed by atoms with Gasteiger partial charge in [0.1, 0.15) is 10.1 Å². The predicted molar refractivity (Wildman–Crippen MR) is 64.0 cm³/mol. The lowest BCUT2D eigenvalue weighted by Gasteiger charge is -2.35. The summed E-state index contributed by atoms with van der Waals surface area (Å²) in [7, 11) is -4.76. The zero-order valence-electron chi connectivity index (χ0n) is 14.1. The number of hydrogen-bond acceptors (Lipinski definition) is 6. The minimum absolute atomic E-state index is 0.381. The molecule has 1 amide bonds. The van der Waals surface area contributed by atoms with Crippen molar-refractivity contribution < 1.29 is 28.6 Å². The second-order valence-electron chi connectivity index (χ2n) is 4.56. The van der Waals surface area contributed by atoms with Gasteiger partial charge in [0.2, 0.25) is 5.91 Å². The Labute approximate surface area is 119 Å². The van der Waals surface area contributed by atoms with E-state index in [1.807, 2.05) is 0 Å². The SMILES string of the molecule is [2H]C1([2H])C(=O)N2[C@@H](C(=O)O)[C@](C)(C([2H])([2H])n3ccnn3)S(=O)(=O)[C@@H]21. The molecule has 1 aromatic heterocycles. The number of nitrogens with zero attached hydrogens (tertiary/aromatic N) is 4. The number of hydrogen-bond donors (Lipinski definition) is 1. The first-order valence-electron chi connectivity index (χ1n) is 7.48. The topological polar surface area (TPSA) is 122 Å². The average molecular weight is 304 g/mol. The number of carbonyl (C=O) groups excluding carboxylic acids is 1. The number of aromatic nitrogens is 3. The molecule has 3 rings (SSSR count). The molecule has 0 radical (unpaired) electrons. The molecule has 3 atom stereocenters. The fraction of sp³-hybridized carbons (Fsp3) is 0.600. The van der Waals surface area contributed by atoms with Crippen molar-refractivity contribution in [2.24, 2.45) is 0 Å². The summed E-state index contributed by atoms with van der Waals surface area (Å²) in [6.45, 7) is -2.07. The molecule has 2 aliphatic rings. The molecule has 0 spiro atoms. The van der Waals surface area contributed by atoms with E-state index < -0.39 is 50.7 Å². The number of carboxylic acids is 1. The highest BCUT2D eigenvalue weighted by Gasteiger charge is 2.70. The van der Waals surface area contributed by atoms with Crippen LogP contribution < -0.4 is 0 Å². The van der Waals surface area contributed by atoms with Crippen molar-refractivity contribution in [1.82, 2.24) is 19.9 Å². The molecule has 20 heavy (non-hydrogen) atoms. The Kier molecular flexibility index (Phi) is 1.71. The highest BCUT2D eigenvalue weighted by Crippen LogP contribution is 2.46. The Balaban J connectivity index is 2.29. The molecule has 1 N–H and O–H groups in total. The molecule has 0 unspecified atom stereocenters. The standard InChI is InChI=1S/C10H12N4O5S/c1-10(5-13-3-2-11-12-13)8(9(16)17)14-6(15)4-7(14)20(10,18)19/h2-3,7-8H,4-5H2,1H3,(H,16,17)/t7-,8+,10+/m1/s1/i4D2,5D2. The van der Waals surface area contributed by atoms with Crippen molar-refractivity contribution in [3.05, 3.63) is 12.4 Å². The van der Waals surface area contributed by atoms with Crippen molar-refractivity contribution >= 4 is 21.7 Å². The minimum atomic E-state index is -4.76. The molecule has 1 aromatic rings. The molecular weight excluding hydrogens is 288 g/mol. The van der Waals surface area contributed by atoms with Crippen LogP contribution in [0, 0.1) is 0 Å². The highest BCUT2D eigenvalue weighted by atomic mass is 32.2. The molecule has 0 aromatic carbocycles. The zero-order chi connectivity index (χ0) is 18.3.